The van der Waals surface area contributed by atoms with Gasteiger partial charge in [-0.3, -0.25) is 15.1 Å². The van der Waals surface area contributed by atoms with Crippen molar-refractivity contribution in [3.8, 4) is 11.1 Å². The van der Waals surface area contributed by atoms with E-state index >= 15 is 0 Å². The molecule has 0 atom stereocenters. The van der Waals surface area contributed by atoms with Crippen molar-refractivity contribution in [3.63, 3.8) is 0 Å². The van der Waals surface area contributed by atoms with Gasteiger partial charge in [0.25, 0.3) is 5.69 Å². The number of rotatable bonds is 2. The molecule has 5 heteroatoms. The Balaban J connectivity index is 2.46. The van der Waals surface area contributed by atoms with E-state index in [9.17, 15) is 10.1 Å². The highest BCUT2D eigenvalue weighted by molar-refractivity contribution is 9.10. The Bertz CT molecular complexity index is 529. The molecule has 0 aliphatic heterocycles. The van der Waals surface area contributed by atoms with E-state index in [1.165, 1.54) is 6.07 Å². The van der Waals surface area contributed by atoms with Crippen LogP contribution in [-0.4, -0.2) is 9.91 Å². The van der Waals surface area contributed by atoms with Crippen LogP contribution < -0.4 is 0 Å². The molecule has 16 heavy (non-hydrogen) atoms. The molecule has 1 aromatic heterocycles. The summed E-state index contributed by atoms with van der Waals surface area (Å²) in [5.41, 5.74) is 1.89. The van der Waals surface area contributed by atoms with Crippen LogP contribution in [-0.2, 0) is 0 Å². The minimum absolute atomic E-state index is 0.0626. The number of nitro groups is 1. The second kappa shape index (κ2) is 4.40. The van der Waals surface area contributed by atoms with Crippen LogP contribution in [0.1, 0.15) is 0 Å². The average molecular weight is 279 g/mol. The summed E-state index contributed by atoms with van der Waals surface area (Å²) in [7, 11) is 0. The Morgan fingerprint density at radius 1 is 1.25 bits per heavy atom. The van der Waals surface area contributed by atoms with E-state index in [-0.39, 0.29) is 5.69 Å². The first-order valence-corrected chi connectivity index (χ1v) is 5.32. The molecule has 0 aliphatic carbocycles. The lowest BCUT2D eigenvalue weighted by Crippen LogP contribution is -1.89. The molecule has 0 fully saturated rings. The van der Waals surface area contributed by atoms with E-state index in [1.54, 1.807) is 24.5 Å². The van der Waals surface area contributed by atoms with Crippen LogP contribution in [0.2, 0.25) is 0 Å². The van der Waals surface area contributed by atoms with Crippen LogP contribution in [0.4, 0.5) is 5.69 Å². The van der Waals surface area contributed by atoms with Gasteiger partial charge in [-0.05, 0) is 39.7 Å². The standard InChI is InChI=1S/C11H7BrN2O2/c12-10-6-8(3-4-11(10)14(15)16)9-2-1-5-13-7-9/h1-7H. The molecule has 0 amide bonds. The van der Waals surface area contributed by atoms with Crippen molar-refractivity contribution in [3.05, 3.63) is 57.3 Å². The minimum Gasteiger partial charge on any atom is -0.264 e. The maximum atomic E-state index is 10.6. The van der Waals surface area contributed by atoms with E-state index in [1.807, 2.05) is 12.1 Å². The molecule has 0 saturated heterocycles. The van der Waals surface area contributed by atoms with Crippen molar-refractivity contribution in [2.75, 3.05) is 0 Å². The predicted molar refractivity (Wildman–Crippen MR) is 64.0 cm³/mol. The van der Waals surface area contributed by atoms with E-state index in [0.717, 1.165) is 11.1 Å². The predicted octanol–water partition coefficient (Wildman–Crippen LogP) is 3.42. The number of hydrogen-bond donors (Lipinski definition) is 0. The van der Waals surface area contributed by atoms with Crippen LogP contribution in [0.15, 0.2) is 47.2 Å². The van der Waals surface area contributed by atoms with Gasteiger partial charge in [-0.1, -0.05) is 6.07 Å². The molecule has 1 heterocycles. The molecule has 0 aliphatic rings. The quantitative estimate of drug-likeness (QED) is 0.625. The second-order valence-corrected chi connectivity index (χ2v) is 4.02. The summed E-state index contributed by atoms with van der Waals surface area (Å²) in [5.74, 6) is 0. The molecule has 0 bridgehead atoms. The van der Waals surface area contributed by atoms with Gasteiger partial charge in [0.15, 0.2) is 0 Å². The van der Waals surface area contributed by atoms with Gasteiger partial charge in [0.1, 0.15) is 0 Å². The lowest BCUT2D eigenvalue weighted by Gasteiger charge is -2.01. The molecule has 0 saturated carbocycles. The first-order valence-electron chi connectivity index (χ1n) is 4.53. The van der Waals surface area contributed by atoms with Crippen molar-refractivity contribution < 1.29 is 4.92 Å². The Morgan fingerprint density at radius 2 is 2.06 bits per heavy atom. The summed E-state index contributed by atoms with van der Waals surface area (Å²) in [6, 6.07) is 8.63. The van der Waals surface area contributed by atoms with Crippen LogP contribution in [0.25, 0.3) is 11.1 Å². The highest BCUT2D eigenvalue weighted by atomic mass is 79.9. The molecular weight excluding hydrogens is 272 g/mol. The summed E-state index contributed by atoms with van der Waals surface area (Å²) in [6.45, 7) is 0. The maximum Gasteiger partial charge on any atom is 0.283 e. The molecule has 2 aromatic rings. The van der Waals surface area contributed by atoms with Crippen molar-refractivity contribution in [1.29, 1.82) is 0 Å². The van der Waals surface area contributed by atoms with Gasteiger partial charge in [0.05, 0.1) is 9.40 Å². The van der Waals surface area contributed by atoms with E-state index in [2.05, 4.69) is 20.9 Å². The number of halogens is 1. The molecule has 1 aromatic carbocycles. The average Bonchev–Trinajstić information content (AvgIpc) is 2.29. The number of hydrogen-bond acceptors (Lipinski definition) is 3. The summed E-state index contributed by atoms with van der Waals surface area (Å²) in [6.07, 6.45) is 3.40. The number of pyridine rings is 1. The smallest absolute Gasteiger partial charge is 0.264 e. The Labute approximate surface area is 100 Å². The van der Waals surface area contributed by atoms with Gasteiger partial charge in [0, 0.05) is 24.0 Å². The maximum absolute atomic E-state index is 10.6. The van der Waals surface area contributed by atoms with Gasteiger partial charge >= 0.3 is 0 Å². The molecule has 2 rings (SSSR count). The largest absolute Gasteiger partial charge is 0.283 e. The molecule has 0 N–H and O–H groups in total. The third-order valence-electron chi connectivity index (χ3n) is 2.14. The summed E-state index contributed by atoms with van der Waals surface area (Å²) in [4.78, 5) is 14.2. The Hall–Kier alpha value is -1.75. The summed E-state index contributed by atoms with van der Waals surface area (Å²) < 4.78 is 0.471. The molecule has 0 spiro atoms. The molecule has 0 unspecified atom stereocenters. The SMILES string of the molecule is O=[N+]([O-])c1ccc(-c2cccnc2)cc1Br. The lowest BCUT2D eigenvalue weighted by molar-refractivity contribution is -0.385. The van der Waals surface area contributed by atoms with E-state index in [0.29, 0.717) is 4.47 Å². The minimum atomic E-state index is -0.420. The molecule has 4 nitrogen and oxygen atoms in total. The van der Waals surface area contributed by atoms with E-state index < -0.39 is 4.92 Å². The van der Waals surface area contributed by atoms with Crippen LogP contribution >= 0.6 is 15.9 Å². The zero-order chi connectivity index (χ0) is 11.5. The normalized spacial score (nSPS) is 10.1. The van der Waals surface area contributed by atoms with Crippen molar-refractivity contribution in [1.82, 2.24) is 4.98 Å². The monoisotopic (exact) mass is 278 g/mol. The number of aromatic nitrogens is 1. The first kappa shape index (κ1) is 10.8. The molecule has 80 valence electrons. The zero-order valence-corrected chi connectivity index (χ0v) is 9.72. The fraction of sp³-hybridized carbons (Fsp3) is 0. The third-order valence-corrected chi connectivity index (χ3v) is 2.77. The number of benzene rings is 1. The van der Waals surface area contributed by atoms with Crippen LogP contribution in [0.5, 0.6) is 0 Å². The van der Waals surface area contributed by atoms with Crippen LogP contribution in [0, 0.1) is 10.1 Å². The van der Waals surface area contributed by atoms with Crippen molar-refractivity contribution in [2.24, 2.45) is 0 Å². The topological polar surface area (TPSA) is 56.0 Å². The fourth-order valence-electron chi connectivity index (χ4n) is 1.37. The van der Waals surface area contributed by atoms with Gasteiger partial charge < -0.3 is 0 Å². The number of nitro benzene ring substituents is 1. The van der Waals surface area contributed by atoms with Crippen molar-refractivity contribution in [2.45, 2.75) is 0 Å². The van der Waals surface area contributed by atoms with Crippen molar-refractivity contribution >= 4 is 21.6 Å². The summed E-state index contributed by atoms with van der Waals surface area (Å²) in [5, 5.41) is 10.6. The lowest BCUT2D eigenvalue weighted by atomic mass is 10.1. The van der Waals surface area contributed by atoms with Crippen LogP contribution in [0.3, 0.4) is 0 Å². The second-order valence-electron chi connectivity index (χ2n) is 3.17. The molecule has 0 radical (unpaired) electrons. The van der Waals surface area contributed by atoms with Gasteiger partial charge in [-0.15, -0.1) is 0 Å². The Kier molecular flexibility index (Phi) is 2.96. The molecular formula is C11H7BrN2O2. The third kappa shape index (κ3) is 2.09. The zero-order valence-electron chi connectivity index (χ0n) is 8.13. The first-order chi connectivity index (χ1) is 7.68. The van der Waals surface area contributed by atoms with E-state index in [4.69, 9.17) is 0 Å². The highest BCUT2D eigenvalue weighted by Crippen LogP contribution is 2.29. The van der Waals surface area contributed by atoms with Gasteiger partial charge in [0.2, 0.25) is 0 Å². The fourth-order valence-corrected chi connectivity index (χ4v) is 1.89. The summed E-state index contributed by atoms with van der Waals surface area (Å²) >= 11 is 3.18. The highest BCUT2D eigenvalue weighted by Gasteiger charge is 2.11. The number of nitrogens with zero attached hydrogens (tertiary/aromatic N) is 2. The van der Waals surface area contributed by atoms with Gasteiger partial charge in [-0.2, -0.15) is 0 Å². The van der Waals surface area contributed by atoms with Gasteiger partial charge in [-0.25, -0.2) is 0 Å². The Morgan fingerprint density at radius 3 is 2.62 bits per heavy atom.